The highest BCUT2D eigenvalue weighted by molar-refractivity contribution is 9.10. The molecule has 3 nitrogen and oxygen atoms in total. The maximum atomic E-state index is 11.2. The zero-order valence-electron chi connectivity index (χ0n) is 6.34. The van der Waals surface area contributed by atoms with Gasteiger partial charge in [0.1, 0.15) is 0 Å². The van der Waals surface area contributed by atoms with Crippen LogP contribution in [-0.2, 0) is 9.59 Å². The van der Waals surface area contributed by atoms with Gasteiger partial charge in [-0.2, -0.15) is 0 Å². The number of hydrogen-bond acceptors (Lipinski definition) is 2. The Labute approximate surface area is 73.9 Å². The largest absolute Gasteiger partial charge is 0.285 e. The molecule has 2 amide bonds. The Kier molecular flexibility index (Phi) is 2.65. The lowest BCUT2D eigenvalue weighted by Crippen LogP contribution is -2.35. The molecule has 62 valence electrons. The molecule has 11 heavy (non-hydrogen) atoms. The standard InChI is InChI=1S/C7H10BrNO2/c1-9-6(10)4-2-3-5(8)7(9)11/h5H,2-4H2,1H3. The third-order valence-corrected chi connectivity index (χ3v) is 2.67. The fourth-order valence-electron chi connectivity index (χ4n) is 1.06. The highest BCUT2D eigenvalue weighted by Crippen LogP contribution is 2.17. The van der Waals surface area contributed by atoms with Gasteiger partial charge in [-0.25, -0.2) is 0 Å². The van der Waals surface area contributed by atoms with Gasteiger partial charge in [0.2, 0.25) is 11.8 Å². The summed E-state index contributed by atoms with van der Waals surface area (Å²) in [6.07, 6.45) is 2.05. The summed E-state index contributed by atoms with van der Waals surface area (Å²) in [6, 6.07) is 0. The molecule has 1 fully saturated rings. The Morgan fingerprint density at radius 2 is 2.18 bits per heavy atom. The fraction of sp³-hybridized carbons (Fsp3) is 0.714. The third kappa shape index (κ3) is 1.80. The second-order valence-corrected chi connectivity index (χ2v) is 3.76. The highest BCUT2D eigenvalue weighted by atomic mass is 79.9. The Morgan fingerprint density at radius 1 is 1.55 bits per heavy atom. The van der Waals surface area contributed by atoms with Gasteiger partial charge in [0.05, 0.1) is 4.83 Å². The van der Waals surface area contributed by atoms with E-state index in [0.29, 0.717) is 6.42 Å². The Balaban J connectivity index is 2.73. The lowest BCUT2D eigenvalue weighted by Gasteiger charge is -2.13. The summed E-state index contributed by atoms with van der Waals surface area (Å²) in [5.74, 6) is -0.190. The Morgan fingerprint density at radius 3 is 2.82 bits per heavy atom. The first-order valence-corrected chi connectivity index (χ1v) is 4.49. The van der Waals surface area contributed by atoms with E-state index in [4.69, 9.17) is 0 Å². The average molecular weight is 220 g/mol. The van der Waals surface area contributed by atoms with Crippen LogP contribution in [0.25, 0.3) is 0 Å². The Bertz CT molecular complexity index is 193. The molecule has 0 bridgehead atoms. The number of rotatable bonds is 0. The summed E-state index contributed by atoms with van der Waals surface area (Å²) in [5.41, 5.74) is 0. The van der Waals surface area contributed by atoms with Crippen LogP contribution in [0.4, 0.5) is 0 Å². The van der Waals surface area contributed by atoms with Gasteiger partial charge in [0.25, 0.3) is 0 Å². The van der Waals surface area contributed by atoms with Crippen LogP contribution in [-0.4, -0.2) is 28.6 Å². The molecule has 0 spiro atoms. The number of alkyl halides is 1. The zero-order valence-corrected chi connectivity index (χ0v) is 7.93. The van der Waals surface area contributed by atoms with E-state index in [1.807, 2.05) is 0 Å². The van der Waals surface area contributed by atoms with Crippen molar-refractivity contribution in [3.8, 4) is 0 Å². The van der Waals surface area contributed by atoms with Gasteiger partial charge in [-0.15, -0.1) is 0 Å². The maximum absolute atomic E-state index is 11.2. The van der Waals surface area contributed by atoms with Crippen LogP contribution in [0.15, 0.2) is 0 Å². The van der Waals surface area contributed by atoms with Gasteiger partial charge in [-0.05, 0) is 12.8 Å². The van der Waals surface area contributed by atoms with Crippen molar-refractivity contribution < 1.29 is 9.59 Å². The van der Waals surface area contributed by atoms with Crippen LogP contribution in [0.2, 0.25) is 0 Å². The summed E-state index contributed by atoms with van der Waals surface area (Å²) >= 11 is 3.23. The van der Waals surface area contributed by atoms with E-state index in [1.165, 1.54) is 11.9 Å². The van der Waals surface area contributed by atoms with E-state index in [-0.39, 0.29) is 16.6 Å². The van der Waals surface area contributed by atoms with Crippen LogP contribution in [0.3, 0.4) is 0 Å². The first kappa shape index (κ1) is 8.71. The minimum atomic E-state index is -0.168. The number of carbonyl (C=O) groups is 2. The van der Waals surface area contributed by atoms with Crippen LogP contribution >= 0.6 is 15.9 Å². The van der Waals surface area contributed by atoms with Gasteiger partial charge in [-0.3, -0.25) is 14.5 Å². The maximum Gasteiger partial charge on any atom is 0.242 e. The predicted octanol–water partition coefficient (Wildman–Crippen LogP) is 0.919. The number of halogens is 1. The normalized spacial score (nSPS) is 27.1. The van der Waals surface area contributed by atoms with E-state index < -0.39 is 0 Å². The summed E-state index contributed by atoms with van der Waals surface area (Å²) < 4.78 is 0. The van der Waals surface area contributed by atoms with E-state index in [0.717, 1.165) is 12.8 Å². The monoisotopic (exact) mass is 219 g/mol. The number of nitrogens with zero attached hydrogens (tertiary/aromatic N) is 1. The third-order valence-electron chi connectivity index (χ3n) is 1.82. The highest BCUT2D eigenvalue weighted by Gasteiger charge is 2.26. The quantitative estimate of drug-likeness (QED) is 0.449. The van der Waals surface area contributed by atoms with Gasteiger partial charge < -0.3 is 0 Å². The first-order chi connectivity index (χ1) is 5.13. The van der Waals surface area contributed by atoms with E-state index >= 15 is 0 Å². The van der Waals surface area contributed by atoms with Gasteiger partial charge in [-0.1, -0.05) is 15.9 Å². The molecule has 0 aliphatic carbocycles. The number of imide groups is 1. The minimum Gasteiger partial charge on any atom is -0.285 e. The minimum absolute atomic E-state index is 0.0723. The van der Waals surface area contributed by atoms with Gasteiger partial charge >= 0.3 is 0 Å². The molecule has 1 unspecified atom stereocenters. The van der Waals surface area contributed by atoms with E-state index in [2.05, 4.69) is 15.9 Å². The molecule has 0 aromatic rings. The molecule has 0 aromatic carbocycles. The number of likely N-dealkylation sites (tertiary alicyclic amines) is 1. The summed E-state index contributed by atoms with van der Waals surface area (Å²) in [6.45, 7) is 0. The molecular weight excluding hydrogens is 210 g/mol. The van der Waals surface area contributed by atoms with Gasteiger partial charge in [0, 0.05) is 13.5 Å². The van der Waals surface area contributed by atoms with Crippen LogP contribution in [0, 0.1) is 0 Å². The average Bonchev–Trinajstić information content (AvgIpc) is 2.07. The SMILES string of the molecule is CN1C(=O)CCCC(Br)C1=O. The summed E-state index contributed by atoms with van der Waals surface area (Å²) in [5, 5.41) is 0. The topological polar surface area (TPSA) is 37.4 Å². The summed E-state index contributed by atoms with van der Waals surface area (Å²) in [4.78, 5) is 23.3. The lowest BCUT2D eigenvalue weighted by molar-refractivity contribution is -0.141. The lowest BCUT2D eigenvalue weighted by atomic mass is 10.2. The van der Waals surface area contributed by atoms with Crippen molar-refractivity contribution in [1.29, 1.82) is 0 Å². The Hall–Kier alpha value is -0.380. The molecule has 1 atom stereocenters. The smallest absolute Gasteiger partial charge is 0.242 e. The van der Waals surface area contributed by atoms with Crippen molar-refractivity contribution in [3.63, 3.8) is 0 Å². The van der Waals surface area contributed by atoms with Gasteiger partial charge in [0.15, 0.2) is 0 Å². The number of carbonyl (C=O) groups excluding carboxylic acids is 2. The van der Waals surface area contributed by atoms with Crippen molar-refractivity contribution in [2.24, 2.45) is 0 Å². The molecule has 1 rings (SSSR count). The molecule has 0 radical (unpaired) electrons. The van der Waals surface area contributed by atoms with Crippen molar-refractivity contribution in [1.82, 2.24) is 4.90 Å². The molecular formula is C7H10BrNO2. The predicted molar refractivity (Wildman–Crippen MR) is 44.3 cm³/mol. The molecule has 0 aromatic heterocycles. The molecule has 1 saturated heterocycles. The van der Waals surface area contributed by atoms with E-state index in [1.54, 1.807) is 0 Å². The first-order valence-electron chi connectivity index (χ1n) is 3.57. The van der Waals surface area contributed by atoms with Crippen LogP contribution < -0.4 is 0 Å². The molecule has 1 aliphatic heterocycles. The number of amides is 2. The van der Waals surface area contributed by atoms with Crippen molar-refractivity contribution in [2.75, 3.05) is 7.05 Å². The van der Waals surface area contributed by atoms with Crippen molar-refractivity contribution in [3.05, 3.63) is 0 Å². The molecule has 1 aliphatic rings. The summed E-state index contributed by atoms with van der Waals surface area (Å²) in [7, 11) is 1.53. The molecule has 0 saturated carbocycles. The zero-order chi connectivity index (χ0) is 8.43. The van der Waals surface area contributed by atoms with Crippen LogP contribution in [0.5, 0.6) is 0 Å². The second kappa shape index (κ2) is 3.34. The molecule has 0 N–H and O–H groups in total. The van der Waals surface area contributed by atoms with Crippen LogP contribution in [0.1, 0.15) is 19.3 Å². The molecule has 4 heteroatoms. The molecule has 1 heterocycles. The fourth-order valence-corrected chi connectivity index (χ4v) is 1.69. The number of hydrogen-bond donors (Lipinski definition) is 0. The van der Waals surface area contributed by atoms with E-state index in [9.17, 15) is 9.59 Å². The second-order valence-electron chi connectivity index (χ2n) is 2.65. The van der Waals surface area contributed by atoms with Crippen molar-refractivity contribution in [2.45, 2.75) is 24.1 Å². The van der Waals surface area contributed by atoms with Crippen molar-refractivity contribution >= 4 is 27.7 Å².